The predicted molar refractivity (Wildman–Crippen MR) is 107 cm³/mol. The van der Waals surface area contributed by atoms with E-state index in [9.17, 15) is 9.59 Å². The summed E-state index contributed by atoms with van der Waals surface area (Å²) in [4.78, 5) is 28.3. The monoisotopic (exact) mass is 367 g/mol. The molecule has 1 aromatic heterocycles. The number of aromatic nitrogens is 1. The third-order valence-corrected chi connectivity index (χ3v) is 6.06. The molecule has 0 aliphatic heterocycles. The SMILES string of the molecule is O=C(NCCNC(=O)C1CCCCC1)c1cccc2c3c([nH]c12)CCCC3. The lowest BCUT2D eigenvalue weighted by molar-refractivity contribution is -0.125. The highest BCUT2D eigenvalue weighted by Crippen LogP contribution is 2.30. The molecule has 1 saturated carbocycles. The number of hydrogen-bond acceptors (Lipinski definition) is 2. The van der Waals surface area contributed by atoms with Crippen molar-refractivity contribution in [1.82, 2.24) is 15.6 Å². The molecule has 2 aromatic rings. The molecule has 1 heterocycles. The number of aryl methyl sites for hydroxylation is 2. The Hall–Kier alpha value is -2.30. The molecule has 0 spiro atoms. The van der Waals surface area contributed by atoms with Crippen LogP contribution in [0.4, 0.5) is 0 Å². The van der Waals surface area contributed by atoms with Gasteiger partial charge in [-0.15, -0.1) is 0 Å². The molecule has 0 atom stereocenters. The number of nitrogens with one attached hydrogen (secondary N) is 3. The van der Waals surface area contributed by atoms with E-state index in [1.807, 2.05) is 12.1 Å². The van der Waals surface area contributed by atoms with E-state index < -0.39 is 0 Å². The van der Waals surface area contributed by atoms with Gasteiger partial charge in [0.05, 0.1) is 11.1 Å². The summed E-state index contributed by atoms with van der Waals surface area (Å²) >= 11 is 0. The molecule has 4 rings (SSSR count). The molecular weight excluding hydrogens is 338 g/mol. The van der Waals surface area contributed by atoms with Gasteiger partial charge in [0.15, 0.2) is 0 Å². The smallest absolute Gasteiger partial charge is 0.253 e. The van der Waals surface area contributed by atoms with Crippen LogP contribution < -0.4 is 10.6 Å². The summed E-state index contributed by atoms with van der Waals surface area (Å²) in [6, 6.07) is 5.95. The Balaban J connectivity index is 1.34. The molecule has 1 aromatic carbocycles. The molecule has 5 nitrogen and oxygen atoms in total. The normalized spacial score (nSPS) is 17.5. The molecule has 0 unspecified atom stereocenters. The Bertz CT molecular complexity index is 833. The number of para-hydroxylation sites is 1. The van der Waals surface area contributed by atoms with Crippen LogP contribution in [0.5, 0.6) is 0 Å². The van der Waals surface area contributed by atoms with Gasteiger partial charge in [-0.1, -0.05) is 31.4 Å². The maximum Gasteiger partial charge on any atom is 0.253 e. The summed E-state index contributed by atoms with van der Waals surface area (Å²) in [6.45, 7) is 0.937. The fourth-order valence-corrected chi connectivity index (χ4v) is 4.59. The first-order valence-corrected chi connectivity index (χ1v) is 10.4. The van der Waals surface area contributed by atoms with Crippen molar-refractivity contribution in [3.05, 3.63) is 35.0 Å². The standard InChI is InChI=1S/C22H29N3O2/c26-21(15-7-2-1-3-8-15)23-13-14-24-22(27)18-11-6-10-17-16-9-4-5-12-19(16)25-20(17)18/h6,10-11,15,25H,1-5,7-9,12-14H2,(H,23,26)(H,24,27). The van der Waals surface area contributed by atoms with Crippen LogP contribution in [0.2, 0.25) is 0 Å². The summed E-state index contributed by atoms with van der Waals surface area (Å²) in [5.74, 6) is 0.225. The zero-order valence-corrected chi connectivity index (χ0v) is 15.9. The second kappa shape index (κ2) is 8.15. The van der Waals surface area contributed by atoms with Crippen LogP contribution in [0.1, 0.15) is 66.6 Å². The molecule has 1 fully saturated rings. The topological polar surface area (TPSA) is 74.0 Å². The van der Waals surface area contributed by atoms with Gasteiger partial charge in [-0.05, 0) is 50.2 Å². The summed E-state index contributed by atoms with van der Waals surface area (Å²) < 4.78 is 0. The van der Waals surface area contributed by atoms with E-state index in [1.165, 1.54) is 35.9 Å². The van der Waals surface area contributed by atoms with Crippen molar-refractivity contribution < 1.29 is 9.59 Å². The minimum absolute atomic E-state index is 0.0777. The van der Waals surface area contributed by atoms with E-state index in [-0.39, 0.29) is 17.7 Å². The molecular formula is C22H29N3O2. The summed E-state index contributed by atoms with van der Waals surface area (Å²) in [6.07, 6.45) is 10.1. The number of amides is 2. The van der Waals surface area contributed by atoms with Crippen LogP contribution in [-0.2, 0) is 17.6 Å². The number of aromatic amines is 1. The third kappa shape index (κ3) is 3.87. The highest BCUT2D eigenvalue weighted by Gasteiger charge is 2.21. The fraction of sp³-hybridized carbons (Fsp3) is 0.545. The van der Waals surface area contributed by atoms with E-state index in [0.717, 1.165) is 44.0 Å². The number of hydrogen-bond donors (Lipinski definition) is 3. The number of H-pyrrole nitrogens is 1. The van der Waals surface area contributed by atoms with E-state index in [0.29, 0.717) is 18.7 Å². The van der Waals surface area contributed by atoms with Gasteiger partial charge in [0.25, 0.3) is 5.91 Å². The molecule has 27 heavy (non-hydrogen) atoms. The van der Waals surface area contributed by atoms with Crippen molar-refractivity contribution in [3.63, 3.8) is 0 Å². The van der Waals surface area contributed by atoms with Gasteiger partial charge in [-0.25, -0.2) is 0 Å². The van der Waals surface area contributed by atoms with E-state index in [1.54, 1.807) is 0 Å². The van der Waals surface area contributed by atoms with Crippen LogP contribution >= 0.6 is 0 Å². The first-order chi connectivity index (χ1) is 13.2. The van der Waals surface area contributed by atoms with E-state index in [4.69, 9.17) is 0 Å². The van der Waals surface area contributed by atoms with Gasteiger partial charge in [-0.2, -0.15) is 0 Å². The Morgan fingerprint density at radius 2 is 1.74 bits per heavy atom. The van der Waals surface area contributed by atoms with Crippen molar-refractivity contribution in [2.45, 2.75) is 57.8 Å². The number of carbonyl (C=O) groups is 2. The van der Waals surface area contributed by atoms with Crippen LogP contribution in [0.15, 0.2) is 18.2 Å². The Kier molecular flexibility index (Phi) is 5.46. The Labute approximate surface area is 160 Å². The highest BCUT2D eigenvalue weighted by atomic mass is 16.2. The van der Waals surface area contributed by atoms with Crippen molar-refractivity contribution in [3.8, 4) is 0 Å². The molecule has 0 radical (unpaired) electrons. The lowest BCUT2D eigenvalue weighted by Crippen LogP contribution is -2.38. The zero-order chi connectivity index (χ0) is 18.6. The minimum atomic E-state index is -0.0777. The summed E-state index contributed by atoms with van der Waals surface area (Å²) in [5.41, 5.74) is 4.32. The first kappa shape index (κ1) is 18.1. The second-order valence-electron chi connectivity index (χ2n) is 7.90. The molecule has 2 aliphatic carbocycles. The van der Waals surface area contributed by atoms with E-state index in [2.05, 4.69) is 21.7 Å². The van der Waals surface area contributed by atoms with Crippen molar-refractivity contribution in [2.75, 3.05) is 13.1 Å². The molecule has 2 amide bonds. The Morgan fingerprint density at radius 3 is 2.59 bits per heavy atom. The van der Waals surface area contributed by atoms with Gasteiger partial charge < -0.3 is 15.6 Å². The van der Waals surface area contributed by atoms with Crippen molar-refractivity contribution in [2.24, 2.45) is 5.92 Å². The van der Waals surface area contributed by atoms with Gasteiger partial charge in [-0.3, -0.25) is 9.59 Å². The first-order valence-electron chi connectivity index (χ1n) is 10.4. The largest absolute Gasteiger partial charge is 0.358 e. The highest BCUT2D eigenvalue weighted by molar-refractivity contribution is 6.06. The number of fused-ring (bicyclic) bond motifs is 3. The van der Waals surface area contributed by atoms with Crippen LogP contribution in [-0.4, -0.2) is 29.9 Å². The lowest BCUT2D eigenvalue weighted by Gasteiger charge is -2.20. The van der Waals surface area contributed by atoms with Gasteiger partial charge in [0.1, 0.15) is 0 Å². The number of benzene rings is 1. The maximum atomic E-state index is 12.7. The van der Waals surface area contributed by atoms with Crippen LogP contribution in [0.25, 0.3) is 10.9 Å². The van der Waals surface area contributed by atoms with Gasteiger partial charge >= 0.3 is 0 Å². The average Bonchev–Trinajstić information content (AvgIpc) is 3.10. The number of rotatable bonds is 5. The van der Waals surface area contributed by atoms with Crippen molar-refractivity contribution >= 4 is 22.7 Å². The molecule has 0 bridgehead atoms. The van der Waals surface area contributed by atoms with E-state index >= 15 is 0 Å². The Morgan fingerprint density at radius 1 is 0.963 bits per heavy atom. The second-order valence-corrected chi connectivity index (χ2v) is 7.90. The molecule has 0 saturated heterocycles. The summed E-state index contributed by atoms with van der Waals surface area (Å²) in [7, 11) is 0. The van der Waals surface area contributed by atoms with Crippen LogP contribution in [0.3, 0.4) is 0 Å². The van der Waals surface area contributed by atoms with Gasteiger partial charge in [0.2, 0.25) is 5.91 Å². The fourth-order valence-electron chi connectivity index (χ4n) is 4.59. The average molecular weight is 367 g/mol. The maximum absolute atomic E-state index is 12.7. The van der Waals surface area contributed by atoms with Crippen molar-refractivity contribution in [1.29, 1.82) is 0 Å². The number of carbonyl (C=O) groups excluding carboxylic acids is 2. The lowest BCUT2D eigenvalue weighted by atomic mass is 9.89. The molecule has 3 N–H and O–H groups in total. The molecule has 2 aliphatic rings. The quantitative estimate of drug-likeness (QED) is 0.708. The van der Waals surface area contributed by atoms with Gasteiger partial charge in [0, 0.05) is 30.1 Å². The summed E-state index contributed by atoms with van der Waals surface area (Å²) in [5, 5.41) is 7.11. The minimum Gasteiger partial charge on any atom is -0.358 e. The molecule has 5 heteroatoms. The predicted octanol–water partition coefficient (Wildman–Crippen LogP) is 3.47. The molecule has 144 valence electrons. The zero-order valence-electron chi connectivity index (χ0n) is 15.9. The van der Waals surface area contributed by atoms with Crippen LogP contribution in [0, 0.1) is 5.92 Å². The third-order valence-electron chi connectivity index (χ3n) is 6.06.